The van der Waals surface area contributed by atoms with Crippen LogP contribution in [-0.4, -0.2) is 22.1 Å². The molecule has 0 aromatic carbocycles. The normalized spacial score (nSPS) is 11.5. The molecule has 2 N–H and O–H groups in total. The van der Waals surface area contributed by atoms with Crippen molar-refractivity contribution in [1.29, 1.82) is 0 Å². The quantitative estimate of drug-likeness (QED) is 0.750. The van der Waals surface area contributed by atoms with Gasteiger partial charge in [0.1, 0.15) is 5.82 Å². The molecule has 1 rings (SSSR count). The molecule has 16 heavy (non-hydrogen) atoms. The number of nitrogens with one attached hydrogen (secondary N) is 2. The SMILES string of the molecule is CCCNCc1cncc(NC(C)(C)C)n1. The maximum atomic E-state index is 4.49. The molecule has 0 aliphatic rings. The van der Waals surface area contributed by atoms with E-state index in [-0.39, 0.29) is 5.54 Å². The van der Waals surface area contributed by atoms with E-state index in [1.807, 2.05) is 0 Å². The van der Waals surface area contributed by atoms with Crippen molar-refractivity contribution in [2.75, 3.05) is 11.9 Å². The molecule has 0 saturated carbocycles. The standard InChI is InChI=1S/C12H22N4/c1-5-6-13-7-10-8-14-9-11(15-10)16-12(2,3)4/h8-9,13H,5-7H2,1-4H3,(H,15,16). The Morgan fingerprint density at radius 1 is 1.25 bits per heavy atom. The second-order valence-electron chi connectivity index (χ2n) is 4.95. The van der Waals surface area contributed by atoms with Crippen molar-refractivity contribution >= 4 is 5.82 Å². The summed E-state index contributed by atoms with van der Waals surface area (Å²) in [5.41, 5.74) is 0.993. The zero-order valence-corrected chi connectivity index (χ0v) is 10.7. The monoisotopic (exact) mass is 222 g/mol. The second-order valence-corrected chi connectivity index (χ2v) is 4.95. The van der Waals surface area contributed by atoms with Crippen molar-refractivity contribution in [2.45, 2.75) is 46.2 Å². The number of rotatable bonds is 5. The Balaban J connectivity index is 2.57. The molecule has 0 fully saturated rings. The summed E-state index contributed by atoms with van der Waals surface area (Å²) in [5.74, 6) is 0.836. The zero-order valence-electron chi connectivity index (χ0n) is 10.7. The van der Waals surface area contributed by atoms with Gasteiger partial charge >= 0.3 is 0 Å². The Hall–Kier alpha value is -1.16. The number of hydrogen-bond acceptors (Lipinski definition) is 4. The van der Waals surface area contributed by atoms with Crippen LogP contribution in [0.1, 0.15) is 39.8 Å². The number of nitrogens with zero attached hydrogens (tertiary/aromatic N) is 2. The van der Waals surface area contributed by atoms with Gasteiger partial charge in [-0.05, 0) is 33.7 Å². The third-order valence-electron chi connectivity index (χ3n) is 1.92. The fraction of sp³-hybridized carbons (Fsp3) is 0.667. The van der Waals surface area contributed by atoms with E-state index in [0.717, 1.165) is 31.0 Å². The third-order valence-corrected chi connectivity index (χ3v) is 1.92. The molecule has 1 aromatic rings. The molecule has 1 heterocycles. The molecule has 90 valence electrons. The second kappa shape index (κ2) is 5.80. The maximum absolute atomic E-state index is 4.49. The molecule has 1 aromatic heterocycles. The molecule has 0 aliphatic heterocycles. The minimum absolute atomic E-state index is 0.0180. The first-order valence-electron chi connectivity index (χ1n) is 5.81. The van der Waals surface area contributed by atoms with Gasteiger partial charge in [-0.25, -0.2) is 4.98 Å². The highest BCUT2D eigenvalue weighted by Gasteiger charge is 2.10. The topological polar surface area (TPSA) is 49.8 Å². The third kappa shape index (κ3) is 5.07. The lowest BCUT2D eigenvalue weighted by atomic mass is 10.1. The Labute approximate surface area is 97.9 Å². The predicted octanol–water partition coefficient (Wildman–Crippen LogP) is 2.19. The van der Waals surface area contributed by atoms with E-state index in [9.17, 15) is 0 Å². The molecular formula is C12H22N4. The number of anilines is 1. The highest BCUT2D eigenvalue weighted by atomic mass is 15.1. The van der Waals surface area contributed by atoms with Crippen molar-refractivity contribution < 1.29 is 0 Å². The molecule has 0 amide bonds. The van der Waals surface area contributed by atoms with Crippen molar-refractivity contribution in [1.82, 2.24) is 15.3 Å². The molecule has 0 saturated heterocycles. The van der Waals surface area contributed by atoms with Gasteiger partial charge in [-0.1, -0.05) is 6.92 Å². The van der Waals surface area contributed by atoms with Gasteiger partial charge in [0.15, 0.2) is 0 Å². The van der Waals surface area contributed by atoms with Gasteiger partial charge in [0.05, 0.1) is 11.9 Å². The van der Waals surface area contributed by atoms with Crippen LogP contribution in [0.2, 0.25) is 0 Å². The van der Waals surface area contributed by atoms with Crippen molar-refractivity contribution in [3.8, 4) is 0 Å². The Morgan fingerprint density at radius 2 is 2.00 bits per heavy atom. The molecular weight excluding hydrogens is 200 g/mol. The fourth-order valence-electron chi connectivity index (χ4n) is 1.33. The van der Waals surface area contributed by atoms with E-state index in [2.05, 4.69) is 48.3 Å². The van der Waals surface area contributed by atoms with Crippen LogP contribution in [0.3, 0.4) is 0 Å². The molecule has 0 aliphatic carbocycles. The first kappa shape index (κ1) is 12.9. The van der Waals surface area contributed by atoms with Crippen molar-refractivity contribution in [3.05, 3.63) is 18.1 Å². The van der Waals surface area contributed by atoms with Gasteiger partial charge in [-0.2, -0.15) is 0 Å². The van der Waals surface area contributed by atoms with Gasteiger partial charge in [-0.15, -0.1) is 0 Å². The average molecular weight is 222 g/mol. The lowest BCUT2D eigenvalue weighted by molar-refractivity contribution is 0.625. The average Bonchev–Trinajstić information content (AvgIpc) is 2.16. The van der Waals surface area contributed by atoms with Crippen LogP contribution in [0.15, 0.2) is 12.4 Å². The summed E-state index contributed by atoms with van der Waals surface area (Å²) < 4.78 is 0. The molecule has 0 bridgehead atoms. The molecule has 4 nitrogen and oxygen atoms in total. The van der Waals surface area contributed by atoms with E-state index in [1.54, 1.807) is 12.4 Å². The lowest BCUT2D eigenvalue weighted by Gasteiger charge is -2.21. The molecule has 0 radical (unpaired) electrons. The number of hydrogen-bond donors (Lipinski definition) is 2. The minimum atomic E-state index is 0.0180. The van der Waals surface area contributed by atoms with Crippen LogP contribution < -0.4 is 10.6 Å². The molecule has 0 unspecified atom stereocenters. The summed E-state index contributed by atoms with van der Waals surface area (Å²) in [6.07, 6.45) is 4.69. The Kier molecular flexibility index (Phi) is 4.68. The van der Waals surface area contributed by atoms with E-state index < -0.39 is 0 Å². The number of aromatic nitrogens is 2. The summed E-state index contributed by atoms with van der Waals surface area (Å²) >= 11 is 0. The van der Waals surface area contributed by atoms with Crippen LogP contribution in [0, 0.1) is 0 Å². The summed E-state index contributed by atoms with van der Waals surface area (Å²) in [6.45, 7) is 10.3. The highest BCUT2D eigenvalue weighted by molar-refractivity contribution is 5.34. The van der Waals surface area contributed by atoms with E-state index >= 15 is 0 Å². The summed E-state index contributed by atoms with van der Waals surface area (Å²) in [6, 6.07) is 0. The van der Waals surface area contributed by atoms with E-state index in [0.29, 0.717) is 0 Å². The van der Waals surface area contributed by atoms with E-state index in [4.69, 9.17) is 0 Å². The van der Waals surface area contributed by atoms with Gasteiger partial charge in [0.25, 0.3) is 0 Å². The summed E-state index contributed by atoms with van der Waals surface area (Å²) in [5, 5.41) is 6.62. The van der Waals surface area contributed by atoms with Crippen LogP contribution in [0.4, 0.5) is 5.82 Å². The largest absolute Gasteiger partial charge is 0.364 e. The summed E-state index contributed by atoms with van der Waals surface area (Å²) in [4.78, 5) is 8.68. The van der Waals surface area contributed by atoms with Gasteiger partial charge in [0, 0.05) is 18.3 Å². The highest BCUT2D eigenvalue weighted by Crippen LogP contribution is 2.10. The minimum Gasteiger partial charge on any atom is -0.364 e. The van der Waals surface area contributed by atoms with Crippen LogP contribution in [0.25, 0.3) is 0 Å². The van der Waals surface area contributed by atoms with Gasteiger partial charge in [-0.3, -0.25) is 4.98 Å². The molecule has 0 spiro atoms. The van der Waals surface area contributed by atoms with Crippen LogP contribution >= 0.6 is 0 Å². The molecule has 0 atom stereocenters. The van der Waals surface area contributed by atoms with Crippen LogP contribution in [-0.2, 0) is 6.54 Å². The predicted molar refractivity (Wildman–Crippen MR) is 67.4 cm³/mol. The first-order chi connectivity index (χ1) is 7.51. The van der Waals surface area contributed by atoms with Gasteiger partial charge in [0.2, 0.25) is 0 Å². The van der Waals surface area contributed by atoms with Crippen molar-refractivity contribution in [3.63, 3.8) is 0 Å². The van der Waals surface area contributed by atoms with Crippen molar-refractivity contribution in [2.24, 2.45) is 0 Å². The zero-order chi connectivity index (χ0) is 12.0. The van der Waals surface area contributed by atoms with Crippen LogP contribution in [0.5, 0.6) is 0 Å². The Morgan fingerprint density at radius 3 is 2.62 bits per heavy atom. The Bertz CT molecular complexity index is 317. The van der Waals surface area contributed by atoms with E-state index in [1.165, 1.54) is 0 Å². The lowest BCUT2D eigenvalue weighted by Crippen LogP contribution is -2.27. The fourth-order valence-corrected chi connectivity index (χ4v) is 1.33. The summed E-state index contributed by atoms with van der Waals surface area (Å²) in [7, 11) is 0. The maximum Gasteiger partial charge on any atom is 0.145 e. The van der Waals surface area contributed by atoms with Gasteiger partial charge < -0.3 is 10.6 Å². The first-order valence-corrected chi connectivity index (χ1v) is 5.81. The molecule has 4 heteroatoms. The smallest absolute Gasteiger partial charge is 0.145 e.